The first-order valence-corrected chi connectivity index (χ1v) is 6.60. The van der Waals surface area contributed by atoms with E-state index in [2.05, 4.69) is 0 Å². The predicted molar refractivity (Wildman–Crippen MR) is 67.6 cm³/mol. The molecule has 2 aliphatic rings. The summed E-state index contributed by atoms with van der Waals surface area (Å²) in [5.41, 5.74) is 1.14. The van der Waals surface area contributed by atoms with Crippen LogP contribution in [0.15, 0.2) is 30.3 Å². The van der Waals surface area contributed by atoms with E-state index in [1.165, 1.54) is 0 Å². The fourth-order valence-electron chi connectivity index (χ4n) is 4.14. The molecule has 1 aromatic rings. The average Bonchev–Trinajstić information content (AvgIpc) is 2.96. The van der Waals surface area contributed by atoms with Crippen LogP contribution < -0.4 is 0 Å². The molecule has 2 N–H and O–H groups in total. The summed E-state index contributed by atoms with van der Waals surface area (Å²) in [4.78, 5) is 22.7. The number of hydrogen-bond acceptors (Lipinski definition) is 2. The summed E-state index contributed by atoms with van der Waals surface area (Å²) in [6.45, 7) is 0. The molecule has 0 saturated heterocycles. The molecular formula is C15H16O4. The first-order valence-electron chi connectivity index (χ1n) is 6.60. The van der Waals surface area contributed by atoms with Gasteiger partial charge < -0.3 is 10.2 Å². The van der Waals surface area contributed by atoms with E-state index in [0.29, 0.717) is 0 Å². The summed E-state index contributed by atoms with van der Waals surface area (Å²) in [6, 6.07) is 9.86. The molecule has 2 fully saturated rings. The molecule has 0 aromatic heterocycles. The lowest BCUT2D eigenvalue weighted by atomic mass is 9.71. The van der Waals surface area contributed by atoms with E-state index in [4.69, 9.17) is 0 Å². The molecule has 5 atom stereocenters. The van der Waals surface area contributed by atoms with Crippen molar-refractivity contribution in [1.29, 1.82) is 0 Å². The molecule has 100 valence electrons. The summed E-state index contributed by atoms with van der Waals surface area (Å²) in [5, 5.41) is 18.6. The number of carboxylic acid groups (broad SMARTS) is 2. The quantitative estimate of drug-likeness (QED) is 0.873. The predicted octanol–water partition coefficient (Wildman–Crippen LogP) is 2.21. The van der Waals surface area contributed by atoms with Gasteiger partial charge in [-0.3, -0.25) is 9.59 Å². The second-order valence-electron chi connectivity index (χ2n) is 5.64. The Morgan fingerprint density at radius 2 is 1.58 bits per heavy atom. The Kier molecular flexibility index (Phi) is 2.81. The van der Waals surface area contributed by atoms with Gasteiger partial charge in [-0.05, 0) is 36.2 Å². The highest BCUT2D eigenvalue weighted by Crippen LogP contribution is 2.58. The van der Waals surface area contributed by atoms with Crippen LogP contribution in [0.25, 0.3) is 0 Å². The van der Waals surface area contributed by atoms with Crippen LogP contribution in [0.3, 0.4) is 0 Å². The van der Waals surface area contributed by atoms with Crippen molar-refractivity contribution in [3.63, 3.8) is 0 Å². The summed E-state index contributed by atoms with van der Waals surface area (Å²) in [6.07, 6.45) is 1.53. The van der Waals surface area contributed by atoms with Crippen LogP contribution in [0.2, 0.25) is 0 Å². The van der Waals surface area contributed by atoms with Crippen LogP contribution in [0.1, 0.15) is 24.3 Å². The minimum atomic E-state index is -0.958. The Balaban J connectivity index is 1.92. The molecule has 4 heteroatoms. The van der Waals surface area contributed by atoms with Gasteiger partial charge in [-0.15, -0.1) is 0 Å². The van der Waals surface area contributed by atoms with Crippen molar-refractivity contribution < 1.29 is 19.8 Å². The van der Waals surface area contributed by atoms with Crippen molar-refractivity contribution in [3.05, 3.63) is 35.9 Å². The average molecular weight is 260 g/mol. The Hall–Kier alpha value is -1.84. The summed E-state index contributed by atoms with van der Waals surface area (Å²) < 4.78 is 0. The van der Waals surface area contributed by atoms with Gasteiger partial charge in [-0.25, -0.2) is 0 Å². The van der Waals surface area contributed by atoms with Crippen molar-refractivity contribution in [2.24, 2.45) is 23.7 Å². The number of fused-ring (bicyclic) bond motifs is 2. The maximum Gasteiger partial charge on any atom is 0.307 e. The molecule has 2 saturated carbocycles. The molecule has 0 radical (unpaired) electrons. The van der Waals surface area contributed by atoms with E-state index in [9.17, 15) is 19.8 Å². The number of hydrogen-bond donors (Lipinski definition) is 2. The summed E-state index contributed by atoms with van der Waals surface area (Å²) in [7, 11) is 0. The third-order valence-electron chi connectivity index (χ3n) is 4.80. The van der Waals surface area contributed by atoms with Gasteiger partial charge in [0.15, 0.2) is 0 Å². The fourth-order valence-corrected chi connectivity index (χ4v) is 4.14. The van der Waals surface area contributed by atoms with E-state index >= 15 is 0 Å². The van der Waals surface area contributed by atoms with Gasteiger partial charge in [0.05, 0.1) is 11.8 Å². The van der Waals surface area contributed by atoms with Crippen LogP contribution >= 0.6 is 0 Å². The Morgan fingerprint density at radius 3 is 2.16 bits per heavy atom. The molecule has 2 aliphatic carbocycles. The van der Waals surface area contributed by atoms with E-state index in [0.717, 1.165) is 18.4 Å². The van der Waals surface area contributed by atoms with Gasteiger partial charge in [0.2, 0.25) is 0 Å². The van der Waals surface area contributed by atoms with E-state index in [1.54, 1.807) is 0 Å². The van der Waals surface area contributed by atoms with Crippen LogP contribution in [-0.4, -0.2) is 22.2 Å². The van der Waals surface area contributed by atoms with Gasteiger partial charge in [0.25, 0.3) is 0 Å². The van der Waals surface area contributed by atoms with Crippen LogP contribution in [0.5, 0.6) is 0 Å². The van der Waals surface area contributed by atoms with Crippen molar-refractivity contribution >= 4 is 11.9 Å². The van der Waals surface area contributed by atoms with Crippen LogP contribution in [0.4, 0.5) is 0 Å². The zero-order valence-corrected chi connectivity index (χ0v) is 10.4. The lowest BCUT2D eigenvalue weighted by Crippen LogP contribution is -2.37. The topological polar surface area (TPSA) is 74.6 Å². The molecule has 0 amide bonds. The van der Waals surface area contributed by atoms with Crippen molar-refractivity contribution in [2.45, 2.75) is 18.8 Å². The fraction of sp³-hybridized carbons (Fsp3) is 0.467. The van der Waals surface area contributed by atoms with E-state index in [-0.39, 0.29) is 17.8 Å². The van der Waals surface area contributed by atoms with Gasteiger partial charge in [-0.2, -0.15) is 0 Å². The van der Waals surface area contributed by atoms with Gasteiger partial charge in [0.1, 0.15) is 0 Å². The second kappa shape index (κ2) is 4.37. The number of carboxylic acids is 2. The zero-order chi connectivity index (χ0) is 13.6. The van der Waals surface area contributed by atoms with Gasteiger partial charge in [-0.1, -0.05) is 30.3 Å². The molecule has 19 heavy (non-hydrogen) atoms. The second-order valence-corrected chi connectivity index (χ2v) is 5.64. The molecule has 0 spiro atoms. The highest BCUT2D eigenvalue weighted by molar-refractivity contribution is 5.82. The molecule has 0 heterocycles. The SMILES string of the molecule is O=C(O)[C@H]1[C@@H]2C[C@@H]([C@@H]1C(=O)O)[C@H](c1ccccc1)C2. The standard InChI is InChI=1S/C15H16O4/c16-14(17)12-9-6-10(8-4-2-1-3-5-8)11(7-9)13(12)15(18)19/h1-5,9-13H,6-7H2,(H,16,17)(H,18,19)/t9-,10-,11+,12-,13-/m0/s1. The highest BCUT2D eigenvalue weighted by Gasteiger charge is 2.58. The Bertz CT molecular complexity index is 510. The third kappa shape index (κ3) is 1.82. The molecule has 0 unspecified atom stereocenters. The zero-order valence-electron chi connectivity index (χ0n) is 10.4. The smallest absolute Gasteiger partial charge is 0.307 e. The summed E-state index contributed by atoms with van der Waals surface area (Å²) >= 11 is 0. The first kappa shape index (κ1) is 12.2. The van der Waals surface area contributed by atoms with Crippen molar-refractivity contribution in [1.82, 2.24) is 0 Å². The summed E-state index contributed by atoms with van der Waals surface area (Å²) in [5.74, 6) is -3.18. The van der Waals surface area contributed by atoms with Gasteiger partial charge in [0, 0.05) is 0 Å². The molecular weight excluding hydrogens is 244 g/mol. The lowest BCUT2D eigenvalue weighted by molar-refractivity contribution is -0.156. The molecule has 4 nitrogen and oxygen atoms in total. The third-order valence-corrected chi connectivity index (χ3v) is 4.80. The Morgan fingerprint density at radius 1 is 0.947 bits per heavy atom. The van der Waals surface area contributed by atoms with Gasteiger partial charge >= 0.3 is 11.9 Å². The molecule has 0 aliphatic heterocycles. The lowest BCUT2D eigenvalue weighted by Gasteiger charge is -2.31. The maximum atomic E-state index is 11.4. The minimum absolute atomic E-state index is 0.00815. The van der Waals surface area contributed by atoms with E-state index < -0.39 is 23.8 Å². The normalized spacial score (nSPS) is 36.3. The largest absolute Gasteiger partial charge is 0.481 e. The number of carbonyl (C=O) groups is 2. The molecule has 3 rings (SSSR count). The van der Waals surface area contributed by atoms with Crippen molar-refractivity contribution in [3.8, 4) is 0 Å². The van der Waals surface area contributed by atoms with Crippen molar-refractivity contribution in [2.75, 3.05) is 0 Å². The minimum Gasteiger partial charge on any atom is -0.481 e. The maximum absolute atomic E-state index is 11.4. The first-order chi connectivity index (χ1) is 9.09. The number of aliphatic carboxylic acids is 2. The molecule has 1 aromatic carbocycles. The number of rotatable bonds is 3. The van der Waals surface area contributed by atoms with Crippen LogP contribution in [-0.2, 0) is 9.59 Å². The monoisotopic (exact) mass is 260 g/mol. The number of benzene rings is 1. The molecule has 2 bridgehead atoms. The highest BCUT2D eigenvalue weighted by atomic mass is 16.4. The van der Waals surface area contributed by atoms with Crippen LogP contribution in [0, 0.1) is 23.7 Å². The van der Waals surface area contributed by atoms with E-state index in [1.807, 2.05) is 30.3 Å². The Labute approximate surface area is 111 Å².